The molecule has 2 aliphatic rings. The summed E-state index contributed by atoms with van der Waals surface area (Å²) in [6.07, 6.45) is 2.66. The molecule has 2 heterocycles. The number of hydrogen-bond donors (Lipinski definition) is 0. The quantitative estimate of drug-likeness (QED) is 0.585. The summed E-state index contributed by atoms with van der Waals surface area (Å²) < 4.78 is 16.1. The van der Waals surface area contributed by atoms with Gasteiger partial charge >= 0.3 is 0 Å². The molecular weight excluding hydrogens is 343 g/mol. The van der Waals surface area contributed by atoms with E-state index >= 15 is 0 Å². The lowest BCUT2D eigenvalue weighted by molar-refractivity contribution is -0.137. The molecule has 0 radical (unpaired) electrons. The van der Waals surface area contributed by atoms with E-state index in [0.717, 1.165) is 12.8 Å². The second kappa shape index (κ2) is 6.59. The molecule has 1 aliphatic carbocycles. The number of nitrogens with zero attached hydrogens (tertiary/aromatic N) is 4. The maximum atomic E-state index is 14.1. The fourth-order valence-electron chi connectivity index (χ4n) is 2.96. The second-order valence-electron chi connectivity index (χ2n) is 6.17. The average Bonchev–Trinajstić information content (AvgIpc) is 3.29. The molecule has 2 amide bonds. The van der Waals surface area contributed by atoms with Crippen LogP contribution in [0.3, 0.4) is 0 Å². The topological polar surface area (TPSA) is 68.1 Å². The zero-order chi connectivity index (χ0) is 17.4. The van der Waals surface area contributed by atoms with E-state index in [-0.39, 0.29) is 17.6 Å². The van der Waals surface area contributed by atoms with Crippen molar-refractivity contribution in [3.63, 3.8) is 0 Å². The summed E-state index contributed by atoms with van der Waals surface area (Å²) in [7, 11) is 0. The van der Waals surface area contributed by atoms with Crippen LogP contribution in [0.15, 0.2) is 29.4 Å². The van der Waals surface area contributed by atoms with Gasteiger partial charge in [0.05, 0.1) is 5.56 Å². The van der Waals surface area contributed by atoms with E-state index in [2.05, 4.69) is 10.2 Å². The Morgan fingerprint density at radius 2 is 1.84 bits per heavy atom. The van der Waals surface area contributed by atoms with E-state index in [1.165, 1.54) is 22.7 Å². The van der Waals surface area contributed by atoms with Crippen molar-refractivity contribution in [2.75, 3.05) is 12.3 Å². The lowest BCUT2D eigenvalue weighted by Crippen LogP contribution is -2.31. The van der Waals surface area contributed by atoms with Gasteiger partial charge in [-0.2, -0.15) is 0 Å². The molecule has 0 N–H and O–H groups in total. The molecule has 0 spiro atoms. The number of benzene rings is 1. The molecule has 2 aromatic rings. The molecule has 8 heteroatoms. The van der Waals surface area contributed by atoms with E-state index in [1.807, 2.05) is 4.57 Å². The van der Waals surface area contributed by atoms with Crippen molar-refractivity contribution in [1.29, 1.82) is 0 Å². The van der Waals surface area contributed by atoms with Gasteiger partial charge in [0.15, 0.2) is 11.0 Å². The van der Waals surface area contributed by atoms with Gasteiger partial charge in [-0.05, 0) is 25.0 Å². The summed E-state index contributed by atoms with van der Waals surface area (Å²) >= 11 is 1.45. The Hall–Kier alpha value is -2.22. The minimum absolute atomic E-state index is 0.110. The van der Waals surface area contributed by atoms with Gasteiger partial charge in [0.25, 0.3) is 0 Å². The highest BCUT2D eigenvalue weighted by Crippen LogP contribution is 2.41. The van der Waals surface area contributed by atoms with Crippen LogP contribution >= 0.6 is 11.8 Å². The van der Waals surface area contributed by atoms with Crippen molar-refractivity contribution >= 4 is 23.6 Å². The number of amides is 2. The zero-order valence-electron chi connectivity index (χ0n) is 13.5. The minimum atomic E-state index is -0.318. The summed E-state index contributed by atoms with van der Waals surface area (Å²) in [5, 5.41) is 9.12. The maximum absolute atomic E-state index is 14.1. The van der Waals surface area contributed by atoms with Gasteiger partial charge in [-0.1, -0.05) is 23.9 Å². The molecule has 4 rings (SSSR count). The van der Waals surface area contributed by atoms with Crippen molar-refractivity contribution in [2.45, 2.75) is 36.9 Å². The van der Waals surface area contributed by atoms with Gasteiger partial charge in [0.2, 0.25) is 11.8 Å². The molecule has 130 valence electrons. The number of halogens is 1. The first-order chi connectivity index (χ1) is 12.1. The van der Waals surface area contributed by atoms with Gasteiger partial charge in [-0.15, -0.1) is 10.2 Å². The number of imide groups is 1. The van der Waals surface area contributed by atoms with Crippen molar-refractivity contribution in [3.8, 4) is 11.4 Å². The normalized spacial score (nSPS) is 17.6. The van der Waals surface area contributed by atoms with Gasteiger partial charge in [0, 0.05) is 31.2 Å². The summed E-state index contributed by atoms with van der Waals surface area (Å²) in [4.78, 5) is 24.6. The van der Waals surface area contributed by atoms with E-state index in [1.54, 1.807) is 18.2 Å². The third-order valence-electron chi connectivity index (χ3n) is 4.39. The molecule has 0 atom stereocenters. The highest BCUT2D eigenvalue weighted by Gasteiger charge is 2.32. The van der Waals surface area contributed by atoms with Crippen molar-refractivity contribution in [3.05, 3.63) is 30.1 Å². The molecule has 0 bridgehead atoms. The number of thioether (sulfide) groups is 1. The average molecular weight is 360 g/mol. The van der Waals surface area contributed by atoms with Gasteiger partial charge in [0.1, 0.15) is 5.82 Å². The van der Waals surface area contributed by atoms with Gasteiger partial charge in [-0.25, -0.2) is 4.39 Å². The van der Waals surface area contributed by atoms with Crippen LogP contribution in [-0.4, -0.2) is 43.8 Å². The Kier molecular flexibility index (Phi) is 4.29. The number of aromatic nitrogens is 3. The number of rotatable bonds is 6. The third kappa shape index (κ3) is 3.18. The molecule has 1 saturated carbocycles. The summed E-state index contributed by atoms with van der Waals surface area (Å²) in [5.74, 6) is 0.556. The second-order valence-corrected chi connectivity index (χ2v) is 7.24. The zero-order valence-corrected chi connectivity index (χ0v) is 14.3. The third-order valence-corrected chi connectivity index (χ3v) is 5.32. The van der Waals surface area contributed by atoms with E-state index < -0.39 is 0 Å². The Bertz CT molecular complexity index is 818. The highest BCUT2D eigenvalue weighted by molar-refractivity contribution is 7.99. The lowest BCUT2D eigenvalue weighted by Gasteiger charge is -2.13. The van der Waals surface area contributed by atoms with Gasteiger partial charge < -0.3 is 0 Å². The van der Waals surface area contributed by atoms with Crippen molar-refractivity contribution in [2.24, 2.45) is 0 Å². The van der Waals surface area contributed by atoms with E-state index in [4.69, 9.17) is 0 Å². The van der Waals surface area contributed by atoms with Crippen LogP contribution in [0.4, 0.5) is 4.39 Å². The van der Waals surface area contributed by atoms with Crippen LogP contribution in [0.2, 0.25) is 0 Å². The van der Waals surface area contributed by atoms with E-state index in [0.29, 0.717) is 47.7 Å². The summed E-state index contributed by atoms with van der Waals surface area (Å²) in [6.45, 7) is 0.370. The van der Waals surface area contributed by atoms with Crippen LogP contribution in [0.25, 0.3) is 11.4 Å². The molecule has 1 aliphatic heterocycles. The van der Waals surface area contributed by atoms with Crippen molar-refractivity contribution < 1.29 is 14.0 Å². The first-order valence-electron chi connectivity index (χ1n) is 8.31. The molecule has 6 nitrogen and oxygen atoms in total. The molecule has 1 aromatic heterocycles. The number of hydrogen-bond acceptors (Lipinski definition) is 5. The van der Waals surface area contributed by atoms with Crippen LogP contribution < -0.4 is 0 Å². The minimum Gasteiger partial charge on any atom is -0.299 e. The number of likely N-dealkylation sites (tertiary alicyclic amines) is 1. The number of carbonyl (C=O) groups is 2. The fraction of sp³-hybridized carbons (Fsp3) is 0.412. The Balaban J connectivity index is 1.52. The first kappa shape index (κ1) is 16.3. The molecule has 1 aromatic carbocycles. The van der Waals surface area contributed by atoms with Crippen LogP contribution in [0.5, 0.6) is 0 Å². The first-order valence-corrected chi connectivity index (χ1v) is 9.29. The standard InChI is InChI=1S/C17H17FN4O2S/c18-13-4-2-1-3-12(13)16-19-20-17(22(16)11-5-6-11)25-10-9-21-14(23)7-8-15(21)24/h1-4,11H,5-10H2. The van der Waals surface area contributed by atoms with Gasteiger partial charge in [-0.3, -0.25) is 19.1 Å². The fourth-order valence-corrected chi connectivity index (χ4v) is 3.89. The largest absolute Gasteiger partial charge is 0.299 e. The molecule has 2 fully saturated rings. The Morgan fingerprint density at radius 3 is 2.52 bits per heavy atom. The Labute approximate surface area is 148 Å². The SMILES string of the molecule is O=C1CCC(=O)N1CCSc1nnc(-c2ccccc2F)n1C1CC1. The molecule has 25 heavy (non-hydrogen) atoms. The molecule has 1 saturated heterocycles. The number of carbonyl (C=O) groups excluding carboxylic acids is 2. The van der Waals surface area contributed by atoms with E-state index in [9.17, 15) is 14.0 Å². The lowest BCUT2D eigenvalue weighted by atomic mass is 10.2. The predicted molar refractivity (Wildman–Crippen MR) is 90.4 cm³/mol. The maximum Gasteiger partial charge on any atom is 0.229 e. The van der Waals surface area contributed by atoms with Crippen LogP contribution in [-0.2, 0) is 9.59 Å². The van der Waals surface area contributed by atoms with Crippen LogP contribution in [0, 0.1) is 5.82 Å². The van der Waals surface area contributed by atoms with Crippen molar-refractivity contribution in [1.82, 2.24) is 19.7 Å². The molecule has 0 unspecified atom stereocenters. The smallest absolute Gasteiger partial charge is 0.229 e. The molecular formula is C17H17FN4O2S. The highest BCUT2D eigenvalue weighted by atomic mass is 32.2. The van der Waals surface area contributed by atoms with Crippen LogP contribution in [0.1, 0.15) is 31.7 Å². The Morgan fingerprint density at radius 1 is 1.12 bits per heavy atom. The monoisotopic (exact) mass is 360 g/mol. The summed E-state index contributed by atoms with van der Waals surface area (Å²) in [6, 6.07) is 6.84. The predicted octanol–water partition coefficient (Wildman–Crippen LogP) is 2.66. The summed E-state index contributed by atoms with van der Waals surface area (Å²) in [5.41, 5.74) is 0.443.